The topological polar surface area (TPSA) is 17.1 Å². The van der Waals surface area contributed by atoms with Crippen molar-refractivity contribution in [1.82, 2.24) is 0 Å². The van der Waals surface area contributed by atoms with Gasteiger partial charge in [-0.1, -0.05) is 39.0 Å². The van der Waals surface area contributed by atoms with Gasteiger partial charge in [-0.2, -0.15) is 0 Å². The zero-order valence-corrected chi connectivity index (χ0v) is 15.3. The Labute approximate surface area is 136 Å². The van der Waals surface area contributed by atoms with Crippen LogP contribution in [0.3, 0.4) is 0 Å². The molecule has 0 aromatic rings. The Kier molecular flexibility index (Phi) is 11.4. The van der Waals surface area contributed by atoms with Crippen LogP contribution in [0.25, 0.3) is 0 Å². The maximum Gasteiger partial charge on any atom is 0.135 e. The average molecular weight is 314 g/mol. The van der Waals surface area contributed by atoms with Gasteiger partial charge in [-0.3, -0.25) is 4.79 Å². The van der Waals surface area contributed by atoms with Gasteiger partial charge in [0.2, 0.25) is 0 Å². The first-order chi connectivity index (χ1) is 10.2. The molecule has 21 heavy (non-hydrogen) atoms. The Hall–Kier alpha value is 0.0200. The standard InChI is InChI=1S/C19H37OS/c1-3-4-5-11-16-21(2)17-12-7-6-8-13-18-14-9-10-15-19(18)20/h18H,3-17H2,1-2H3/q+1. The quantitative estimate of drug-likeness (QED) is 0.342. The SMILES string of the molecule is CCCCCC[S+](C)CCCCCCC1CCCCC1=O. The van der Waals surface area contributed by atoms with Crippen molar-refractivity contribution in [3.05, 3.63) is 0 Å². The summed E-state index contributed by atoms with van der Waals surface area (Å²) in [5.41, 5.74) is 0. The van der Waals surface area contributed by atoms with Crippen LogP contribution in [-0.2, 0) is 15.7 Å². The van der Waals surface area contributed by atoms with Crippen LogP contribution in [-0.4, -0.2) is 23.5 Å². The molecule has 2 unspecified atom stereocenters. The van der Waals surface area contributed by atoms with Gasteiger partial charge in [-0.25, -0.2) is 0 Å². The first-order valence-electron chi connectivity index (χ1n) is 9.36. The van der Waals surface area contributed by atoms with Crippen LogP contribution < -0.4 is 0 Å². The summed E-state index contributed by atoms with van der Waals surface area (Å²) in [7, 11) is 0.657. The molecule has 1 aliphatic carbocycles. The predicted octanol–water partition coefficient (Wildman–Crippen LogP) is 5.52. The second-order valence-electron chi connectivity index (χ2n) is 6.86. The lowest BCUT2D eigenvalue weighted by Crippen LogP contribution is -2.18. The molecule has 0 aliphatic heterocycles. The van der Waals surface area contributed by atoms with Gasteiger partial charge in [-0.05, 0) is 55.8 Å². The van der Waals surface area contributed by atoms with E-state index in [-0.39, 0.29) is 0 Å². The molecule has 2 heteroatoms. The minimum atomic E-state index is 0.429. The zero-order chi connectivity index (χ0) is 15.3. The smallest absolute Gasteiger partial charge is 0.135 e. The van der Waals surface area contributed by atoms with Gasteiger partial charge < -0.3 is 0 Å². The highest BCUT2D eigenvalue weighted by Crippen LogP contribution is 2.25. The van der Waals surface area contributed by atoms with Gasteiger partial charge in [0.25, 0.3) is 0 Å². The molecule has 0 spiro atoms. The van der Waals surface area contributed by atoms with Crippen molar-refractivity contribution in [3.63, 3.8) is 0 Å². The fraction of sp³-hybridized carbons (Fsp3) is 0.947. The van der Waals surface area contributed by atoms with Gasteiger partial charge >= 0.3 is 0 Å². The van der Waals surface area contributed by atoms with E-state index in [2.05, 4.69) is 13.2 Å². The lowest BCUT2D eigenvalue weighted by Gasteiger charge is -2.19. The number of ketones is 1. The highest BCUT2D eigenvalue weighted by Gasteiger charge is 2.21. The van der Waals surface area contributed by atoms with Gasteiger partial charge in [-0.15, -0.1) is 0 Å². The third-order valence-electron chi connectivity index (χ3n) is 4.82. The van der Waals surface area contributed by atoms with Crippen LogP contribution in [0.2, 0.25) is 0 Å². The van der Waals surface area contributed by atoms with Crippen molar-refractivity contribution in [2.75, 3.05) is 17.8 Å². The predicted molar refractivity (Wildman–Crippen MR) is 97.2 cm³/mol. The van der Waals surface area contributed by atoms with E-state index in [0.29, 0.717) is 22.6 Å². The number of unbranched alkanes of at least 4 members (excludes halogenated alkanes) is 6. The molecule has 0 aromatic carbocycles. The minimum absolute atomic E-state index is 0.429. The first-order valence-corrected chi connectivity index (χ1v) is 11.3. The van der Waals surface area contributed by atoms with E-state index in [9.17, 15) is 4.79 Å². The Balaban J connectivity index is 1.88. The second kappa shape index (κ2) is 12.6. The van der Waals surface area contributed by atoms with Gasteiger partial charge in [0, 0.05) is 12.3 Å². The largest absolute Gasteiger partial charge is 0.299 e. The molecule has 0 amide bonds. The number of rotatable bonds is 12. The summed E-state index contributed by atoms with van der Waals surface area (Å²) in [5.74, 6) is 3.88. The Morgan fingerprint density at radius 3 is 2.29 bits per heavy atom. The van der Waals surface area contributed by atoms with E-state index in [4.69, 9.17) is 0 Å². The average Bonchev–Trinajstić information content (AvgIpc) is 2.49. The summed E-state index contributed by atoms with van der Waals surface area (Å²) < 4.78 is 0. The molecule has 0 N–H and O–H groups in total. The maximum absolute atomic E-state index is 11.8. The van der Waals surface area contributed by atoms with Crippen molar-refractivity contribution >= 4 is 16.7 Å². The molecule has 0 radical (unpaired) electrons. The summed E-state index contributed by atoms with van der Waals surface area (Å²) in [4.78, 5) is 11.8. The van der Waals surface area contributed by atoms with Gasteiger partial charge in [0.15, 0.2) is 0 Å². The number of carbonyl (C=O) groups excluding carboxylic acids is 1. The summed E-state index contributed by atoms with van der Waals surface area (Å²) >= 11 is 0. The van der Waals surface area contributed by atoms with E-state index in [1.54, 1.807) is 0 Å². The highest BCUT2D eigenvalue weighted by molar-refractivity contribution is 7.96. The number of carbonyl (C=O) groups is 1. The van der Waals surface area contributed by atoms with Crippen LogP contribution in [0.4, 0.5) is 0 Å². The second-order valence-corrected chi connectivity index (χ2v) is 9.24. The summed E-state index contributed by atoms with van der Waals surface area (Å²) in [5, 5.41) is 0. The first kappa shape index (κ1) is 19.1. The van der Waals surface area contributed by atoms with Gasteiger partial charge in [0.05, 0.1) is 6.26 Å². The molecular weight excluding hydrogens is 276 g/mol. The lowest BCUT2D eigenvalue weighted by molar-refractivity contribution is -0.124. The van der Waals surface area contributed by atoms with E-state index >= 15 is 0 Å². The van der Waals surface area contributed by atoms with Crippen molar-refractivity contribution in [2.45, 2.75) is 90.4 Å². The summed E-state index contributed by atoms with van der Waals surface area (Å²) in [6.45, 7) is 2.28. The van der Waals surface area contributed by atoms with Crippen molar-refractivity contribution < 1.29 is 4.79 Å². The molecule has 1 fully saturated rings. The van der Waals surface area contributed by atoms with E-state index in [0.717, 1.165) is 12.8 Å². The Bertz CT molecular complexity index is 264. The molecule has 1 rings (SSSR count). The monoisotopic (exact) mass is 313 g/mol. The maximum atomic E-state index is 11.8. The van der Waals surface area contributed by atoms with Crippen molar-refractivity contribution in [1.29, 1.82) is 0 Å². The molecule has 0 aromatic heterocycles. The van der Waals surface area contributed by atoms with Gasteiger partial charge in [0.1, 0.15) is 17.3 Å². The lowest BCUT2D eigenvalue weighted by atomic mass is 9.84. The Morgan fingerprint density at radius 2 is 1.62 bits per heavy atom. The van der Waals surface area contributed by atoms with Crippen LogP contribution in [0.15, 0.2) is 0 Å². The Morgan fingerprint density at radius 1 is 0.952 bits per heavy atom. The molecule has 124 valence electrons. The molecular formula is C19H37OS+. The summed E-state index contributed by atoms with van der Waals surface area (Å²) in [6.07, 6.45) is 19.1. The molecule has 1 aliphatic rings. The third-order valence-corrected chi connectivity index (χ3v) is 6.79. The van der Waals surface area contributed by atoms with Crippen LogP contribution in [0, 0.1) is 5.92 Å². The molecule has 0 heterocycles. The fourth-order valence-corrected chi connectivity index (χ4v) is 4.93. The van der Waals surface area contributed by atoms with E-state index in [1.165, 1.54) is 82.1 Å². The molecule has 0 bridgehead atoms. The number of hydrogen-bond acceptors (Lipinski definition) is 1. The third kappa shape index (κ3) is 9.60. The number of Topliss-reactive ketones (excluding diaryl/α,β-unsaturated/α-hetero) is 1. The molecule has 1 saturated carbocycles. The minimum Gasteiger partial charge on any atom is -0.299 e. The molecule has 0 saturated heterocycles. The highest BCUT2D eigenvalue weighted by atomic mass is 32.2. The van der Waals surface area contributed by atoms with Crippen molar-refractivity contribution in [2.24, 2.45) is 5.92 Å². The van der Waals surface area contributed by atoms with Crippen molar-refractivity contribution in [3.8, 4) is 0 Å². The van der Waals surface area contributed by atoms with Crippen LogP contribution in [0.5, 0.6) is 0 Å². The summed E-state index contributed by atoms with van der Waals surface area (Å²) in [6, 6.07) is 0. The zero-order valence-electron chi connectivity index (χ0n) is 14.5. The normalized spacial score (nSPS) is 20.7. The molecule has 2 atom stereocenters. The van der Waals surface area contributed by atoms with Crippen LogP contribution >= 0.6 is 0 Å². The molecule has 1 nitrogen and oxygen atoms in total. The van der Waals surface area contributed by atoms with E-state index < -0.39 is 0 Å². The van der Waals surface area contributed by atoms with E-state index in [1.807, 2.05) is 0 Å². The van der Waals surface area contributed by atoms with Crippen LogP contribution in [0.1, 0.15) is 90.4 Å². The fourth-order valence-electron chi connectivity index (χ4n) is 3.33. The number of hydrogen-bond donors (Lipinski definition) is 0.